The van der Waals surface area contributed by atoms with Gasteiger partial charge in [-0.3, -0.25) is 9.36 Å². The highest BCUT2D eigenvalue weighted by molar-refractivity contribution is 5.77. The molecule has 2 rings (SSSR count). The largest absolute Gasteiger partial charge is 0.301 e. The lowest BCUT2D eigenvalue weighted by molar-refractivity contribution is -0.108. The van der Waals surface area contributed by atoms with Gasteiger partial charge in [0.2, 0.25) is 0 Å². The monoisotopic (exact) mass is 206 g/mol. The molecule has 0 saturated heterocycles. The third-order valence-electron chi connectivity index (χ3n) is 2.06. The van der Waals surface area contributed by atoms with Crippen molar-refractivity contribution in [3.8, 4) is 0 Å². The summed E-state index contributed by atoms with van der Waals surface area (Å²) in [7, 11) is 0. The lowest BCUT2D eigenvalue weighted by Gasteiger charge is -2.01. The van der Waals surface area contributed by atoms with Crippen LogP contribution in [0, 0.1) is 5.82 Å². The molecule has 1 heterocycles. The first-order valence-electron chi connectivity index (χ1n) is 4.30. The van der Waals surface area contributed by atoms with E-state index in [1.54, 1.807) is 0 Å². The van der Waals surface area contributed by atoms with Crippen molar-refractivity contribution in [2.45, 2.75) is 6.54 Å². The Morgan fingerprint density at radius 3 is 3.00 bits per heavy atom. The van der Waals surface area contributed by atoms with Gasteiger partial charge in [0.15, 0.2) is 0 Å². The molecule has 76 valence electrons. The van der Waals surface area contributed by atoms with Crippen molar-refractivity contribution >= 4 is 17.2 Å². The van der Waals surface area contributed by atoms with Crippen LogP contribution in [0.5, 0.6) is 0 Å². The van der Waals surface area contributed by atoms with E-state index in [9.17, 15) is 14.0 Å². The molecule has 0 unspecified atom stereocenters. The number of nitrogens with zero attached hydrogens (tertiary/aromatic N) is 2. The van der Waals surface area contributed by atoms with Crippen LogP contribution in [-0.2, 0) is 11.3 Å². The molecule has 0 N–H and O–H groups in total. The lowest BCUT2D eigenvalue weighted by atomic mass is 10.2. The van der Waals surface area contributed by atoms with Crippen molar-refractivity contribution in [2.24, 2.45) is 0 Å². The average molecular weight is 206 g/mol. The molecule has 1 aromatic carbocycles. The molecule has 0 bridgehead atoms. The molecule has 0 atom stereocenters. The van der Waals surface area contributed by atoms with Gasteiger partial charge in [-0.2, -0.15) is 0 Å². The van der Waals surface area contributed by atoms with Crippen LogP contribution in [-0.4, -0.2) is 15.8 Å². The highest BCUT2D eigenvalue weighted by atomic mass is 19.1. The van der Waals surface area contributed by atoms with Gasteiger partial charge in [-0.15, -0.1) is 0 Å². The molecular formula is C10H7FN2O2. The van der Waals surface area contributed by atoms with Crippen LogP contribution in [0.4, 0.5) is 4.39 Å². The van der Waals surface area contributed by atoms with E-state index >= 15 is 0 Å². The molecule has 4 nitrogen and oxygen atoms in total. The maximum absolute atomic E-state index is 12.8. The summed E-state index contributed by atoms with van der Waals surface area (Å²) in [5.74, 6) is -0.442. The SMILES string of the molecule is O=CCn1cnc2cc(F)ccc2c1=O. The van der Waals surface area contributed by atoms with Gasteiger partial charge in [-0.1, -0.05) is 0 Å². The van der Waals surface area contributed by atoms with E-state index < -0.39 is 5.82 Å². The minimum absolute atomic E-state index is 0.0425. The number of fused-ring (bicyclic) bond motifs is 1. The van der Waals surface area contributed by atoms with Gasteiger partial charge in [0.1, 0.15) is 12.1 Å². The molecule has 0 amide bonds. The number of hydrogen-bond donors (Lipinski definition) is 0. The molecule has 1 aromatic heterocycles. The van der Waals surface area contributed by atoms with Crippen LogP contribution in [0.1, 0.15) is 0 Å². The quantitative estimate of drug-likeness (QED) is 0.681. The van der Waals surface area contributed by atoms with E-state index in [1.807, 2.05) is 0 Å². The van der Waals surface area contributed by atoms with Gasteiger partial charge in [-0.05, 0) is 12.1 Å². The maximum Gasteiger partial charge on any atom is 0.261 e. The number of benzene rings is 1. The molecule has 5 heteroatoms. The fraction of sp³-hybridized carbons (Fsp3) is 0.100. The number of hydrogen-bond acceptors (Lipinski definition) is 3. The molecule has 0 fully saturated rings. The molecule has 0 spiro atoms. The fourth-order valence-electron chi connectivity index (χ4n) is 1.34. The summed E-state index contributed by atoms with van der Waals surface area (Å²) in [6.07, 6.45) is 1.84. The van der Waals surface area contributed by atoms with E-state index in [-0.39, 0.29) is 12.1 Å². The zero-order chi connectivity index (χ0) is 10.8. The lowest BCUT2D eigenvalue weighted by Crippen LogP contribution is -2.21. The number of carbonyl (C=O) groups is 1. The van der Waals surface area contributed by atoms with Crippen LogP contribution in [0.2, 0.25) is 0 Å². The molecule has 0 saturated carbocycles. The standard InChI is InChI=1S/C10H7FN2O2/c11-7-1-2-8-9(5-7)12-6-13(3-4-14)10(8)15/h1-2,4-6H,3H2. The van der Waals surface area contributed by atoms with Crippen LogP contribution >= 0.6 is 0 Å². The highest BCUT2D eigenvalue weighted by Gasteiger charge is 2.04. The third kappa shape index (κ3) is 1.63. The molecule has 0 aliphatic heterocycles. The van der Waals surface area contributed by atoms with Crippen LogP contribution in [0.15, 0.2) is 29.3 Å². The number of aromatic nitrogens is 2. The smallest absolute Gasteiger partial charge is 0.261 e. The van der Waals surface area contributed by atoms with Gasteiger partial charge < -0.3 is 4.79 Å². The highest BCUT2D eigenvalue weighted by Crippen LogP contribution is 2.08. The Morgan fingerprint density at radius 1 is 1.47 bits per heavy atom. The first-order chi connectivity index (χ1) is 7.22. The van der Waals surface area contributed by atoms with Crippen LogP contribution in [0.3, 0.4) is 0 Å². The summed E-state index contributed by atoms with van der Waals surface area (Å²) in [6, 6.07) is 3.74. The molecule has 2 aromatic rings. The summed E-state index contributed by atoms with van der Waals surface area (Å²) in [4.78, 5) is 25.8. The summed E-state index contributed by atoms with van der Waals surface area (Å²) in [5.41, 5.74) is -0.0470. The maximum atomic E-state index is 12.8. The van der Waals surface area contributed by atoms with Gasteiger partial charge in [0.05, 0.1) is 23.8 Å². The van der Waals surface area contributed by atoms with Gasteiger partial charge >= 0.3 is 0 Å². The number of rotatable bonds is 2. The normalized spacial score (nSPS) is 10.5. The number of halogens is 1. The summed E-state index contributed by atoms with van der Waals surface area (Å²) >= 11 is 0. The summed E-state index contributed by atoms with van der Waals surface area (Å²) in [5, 5.41) is 0.306. The second-order valence-corrected chi connectivity index (χ2v) is 3.03. The average Bonchev–Trinajstić information content (AvgIpc) is 2.22. The van der Waals surface area contributed by atoms with Crippen molar-refractivity contribution in [2.75, 3.05) is 0 Å². The Hall–Kier alpha value is -2.04. The van der Waals surface area contributed by atoms with Crippen molar-refractivity contribution in [1.29, 1.82) is 0 Å². The van der Waals surface area contributed by atoms with E-state index in [0.29, 0.717) is 17.2 Å². The Kier molecular flexibility index (Phi) is 2.29. The van der Waals surface area contributed by atoms with E-state index in [4.69, 9.17) is 0 Å². The third-order valence-corrected chi connectivity index (χ3v) is 2.06. The van der Waals surface area contributed by atoms with Crippen molar-refractivity contribution < 1.29 is 9.18 Å². The van der Waals surface area contributed by atoms with Gasteiger partial charge in [0.25, 0.3) is 5.56 Å². The number of carbonyl (C=O) groups excluding carboxylic acids is 1. The Labute approximate surface area is 84.0 Å². The molecule has 15 heavy (non-hydrogen) atoms. The zero-order valence-electron chi connectivity index (χ0n) is 7.68. The summed E-state index contributed by atoms with van der Waals surface area (Å²) in [6.45, 7) is -0.0425. The predicted octanol–water partition coefficient (Wildman–Crippen LogP) is 0.735. The Morgan fingerprint density at radius 2 is 2.27 bits per heavy atom. The molecule has 0 aliphatic carbocycles. The predicted molar refractivity (Wildman–Crippen MR) is 52.0 cm³/mol. The topological polar surface area (TPSA) is 52.0 Å². The zero-order valence-corrected chi connectivity index (χ0v) is 7.68. The van der Waals surface area contributed by atoms with E-state index in [1.165, 1.54) is 29.1 Å². The minimum atomic E-state index is -0.442. The van der Waals surface area contributed by atoms with E-state index in [0.717, 1.165) is 0 Å². The van der Waals surface area contributed by atoms with Gasteiger partial charge in [-0.25, -0.2) is 9.37 Å². The number of aldehydes is 1. The van der Waals surface area contributed by atoms with Gasteiger partial charge in [0, 0.05) is 6.07 Å². The minimum Gasteiger partial charge on any atom is -0.301 e. The second kappa shape index (κ2) is 3.61. The first kappa shape index (κ1) is 9.51. The van der Waals surface area contributed by atoms with Crippen LogP contribution < -0.4 is 5.56 Å². The fourth-order valence-corrected chi connectivity index (χ4v) is 1.34. The summed E-state index contributed by atoms with van der Waals surface area (Å²) < 4.78 is 14.0. The molecule has 0 radical (unpaired) electrons. The van der Waals surface area contributed by atoms with E-state index in [2.05, 4.69) is 4.98 Å². The first-order valence-corrected chi connectivity index (χ1v) is 4.30. The second-order valence-electron chi connectivity index (χ2n) is 3.03. The van der Waals surface area contributed by atoms with Crippen molar-refractivity contribution in [1.82, 2.24) is 9.55 Å². The van der Waals surface area contributed by atoms with Crippen molar-refractivity contribution in [3.63, 3.8) is 0 Å². The Balaban J connectivity index is 2.74. The molecule has 0 aliphatic rings. The Bertz CT molecular complexity index is 577. The van der Waals surface area contributed by atoms with Crippen molar-refractivity contribution in [3.05, 3.63) is 40.7 Å². The molecular weight excluding hydrogens is 199 g/mol. The van der Waals surface area contributed by atoms with Crippen LogP contribution in [0.25, 0.3) is 10.9 Å².